The number of hydrogen-bond acceptors (Lipinski definition) is 2. The molecule has 0 saturated heterocycles. The number of rotatable bonds is 1. The molecule has 0 aliphatic heterocycles. The summed E-state index contributed by atoms with van der Waals surface area (Å²) in [4.78, 5) is 20.7. The second-order valence-corrected chi connectivity index (χ2v) is 1.67. The van der Waals surface area contributed by atoms with Gasteiger partial charge in [0.05, 0.1) is 0 Å². The predicted octanol–water partition coefficient (Wildman–Crippen LogP) is -0.643. The first kappa shape index (κ1) is 8.74. The smallest absolute Gasteiger partial charge is 0.333 e. The van der Waals surface area contributed by atoms with Gasteiger partial charge in [-0.15, -0.1) is 0 Å². The summed E-state index contributed by atoms with van der Waals surface area (Å²) in [6, 6.07) is -0.405. The van der Waals surface area contributed by atoms with Gasteiger partial charge in [0.1, 0.15) is 0 Å². The van der Waals surface area contributed by atoms with Crippen LogP contribution in [0.2, 0.25) is 0 Å². The first-order valence-corrected chi connectivity index (χ1v) is 2.97. The van der Waals surface area contributed by atoms with Crippen LogP contribution in [-0.2, 0) is 4.79 Å². The number of hydrogen-bond donors (Lipinski definition) is 3. The lowest BCUT2D eigenvalue weighted by Crippen LogP contribution is -2.45. The Bertz CT molecular complexity index is 135. The van der Waals surface area contributed by atoms with Crippen LogP contribution in [-0.4, -0.2) is 18.5 Å². The molecule has 0 spiro atoms. The largest absolute Gasteiger partial charge is 0.337 e. The summed E-state index contributed by atoms with van der Waals surface area (Å²) in [5.74, 6) is -0.300. The second kappa shape index (κ2) is 4.60. The van der Waals surface area contributed by atoms with Crippen molar-refractivity contribution in [1.82, 2.24) is 16.2 Å². The highest BCUT2D eigenvalue weighted by Crippen LogP contribution is 1.59. The topological polar surface area (TPSA) is 70.2 Å². The fraction of sp³-hybridized carbons (Fsp3) is 0.600. The molecule has 0 radical (unpaired) electrons. The molecule has 0 rings (SSSR count). The van der Waals surface area contributed by atoms with Crippen molar-refractivity contribution in [3.8, 4) is 0 Å². The number of urea groups is 1. The zero-order valence-electron chi connectivity index (χ0n) is 6.02. The normalized spacial score (nSPS) is 8.20. The molecule has 0 fully saturated rings. The molecule has 0 aliphatic carbocycles. The van der Waals surface area contributed by atoms with Gasteiger partial charge in [0.25, 0.3) is 0 Å². The Morgan fingerprint density at radius 1 is 1.30 bits per heavy atom. The molecule has 0 saturated carbocycles. The van der Waals surface area contributed by atoms with E-state index in [4.69, 9.17) is 0 Å². The lowest BCUT2D eigenvalue weighted by molar-refractivity contribution is -0.119. The molecule has 3 amide bonds. The fourth-order valence-corrected chi connectivity index (χ4v) is 0.350. The van der Waals surface area contributed by atoms with Gasteiger partial charge in [-0.05, 0) is 6.92 Å². The molecule has 0 heterocycles. The van der Waals surface area contributed by atoms with Gasteiger partial charge in [0.2, 0.25) is 5.91 Å². The molecule has 0 bridgehead atoms. The highest BCUT2D eigenvalue weighted by atomic mass is 16.2. The van der Waals surface area contributed by atoms with Gasteiger partial charge in [-0.2, -0.15) is 0 Å². The highest BCUT2D eigenvalue weighted by molar-refractivity contribution is 5.79. The third-order valence-corrected chi connectivity index (χ3v) is 0.689. The minimum Gasteiger partial charge on any atom is -0.337 e. The quantitative estimate of drug-likeness (QED) is 0.429. The number of hydrazine groups is 1. The van der Waals surface area contributed by atoms with E-state index in [9.17, 15) is 9.59 Å². The molecule has 3 N–H and O–H groups in total. The van der Waals surface area contributed by atoms with Gasteiger partial charge in [0.15, 0.2) is 0 Å². The lowest BCUT2D eigenvalue weighted by atomic mass is 10.7. The number of amides is 3. The van der Waals surface area contributed by atoms with Crippen molar-refractivity contribution in [2.75, 3.05) is 6.54 Å². The minimum atomic E-state index is -0.405. The fourth-order valence-electron chi connectivity index (χ4n) is 0.350. The molecular formula is C5H11N3O2. The molecule has 0 aromatic heterocycles. The Kier molecular flexibility index (Phi) is 4.02. The minimum absolute atomic E-state index is 0.300. The molecule has 5 heteroatoms. The SMILES string of the molecule is CCNC(=O)NNC(C)=O. The summed E-state index contributed by atoms with van der Waals surface area (Å²) in [5, 5.41) is 2.44. The first-order valence-electron chi connectivity index (χ1n) is 2.97. The van der Waals surface area contributed by atoms with Gasteiger partial charge in [0, 0.05) is 13.5 Å². The van der Waals surface area contributed by atoms with Crippen molar-refractivity contribution in [1.29, 1.82) is 0 Å². The van der Waals surface area contributed by atoms with E-state index < -0.39 is 6.03 Å². The Hall–Kier alpha value is -1.26. The van der Waals surface area contributed by atoms with E-state index in [0.29, 0.717) is 6.54 Å². The number of carbonyl (C=O) groups is 2. The Morgan fingerprint density at radius 3 is 2.30 bits per heavy atom. The van der Waals surface area contributed by atoms with E-state index in [1.165, 1.54) is 6.92 Å². The second-order valence-electron chi connectivity index (χ2n) is 1.67. The van der Waals surface area contributed by atoms with E-state index in [2.05, 4.69) is 16.2 Å². The first-order chi connectivity index (χ1) is 4.66. The van der Waals surface area contributed by atoms with Crippen molar-refractivity contribution < 1.29 is 9.59 Å². The molecule has 58 valence electrons. The van der Waals surface area contributed by atoms with Crippen molar-refractivity contribution in [2.24, 2.45) is 0 Å². The van der Waals surface area contributed by atoms with E-state index in [1.807, 2.05) is 0 Å². The van der Waals surface area contributed by atoms with Crippen molar-refractivity contribution >= 4 is 11.9 Å². The summed E-state index contributed by atoms with van der Waals surface area (Å²) in [7, 11) is 0. The van der Waals surface area contributed by atoms with Crippen molar-refractivity contribution in [2.45, 2.75) is 13.8 Å². The molecule has 0 unspecified atom stereocenters. The Balaban J connectivity index is 3.30. The standard InChI is InChI=1S/C5H11N3O2/c1-3-6-5(10)8-7-4(2)9/h3H2,1-2H3,(H,7,9)(H2,6,8,10). The highest BCUT2D eigenvalue weighted by Gasteiger charge is 1.95. The average Bonchev–Trinajstić information content (AvgIpc) is 1.85. The maximum atomic E-state index is 10.5. The third kappa shape index (κ3) is 4.89. The van der Waals surface area contributed by atoms with Crippen LogP contribution < -0.4 is 16.2 Å². The predicted molar refractivity (Wildman–Crippen MR) is 36.0 cm³/mol. The maximum Gasteiger partial charge on any atom is 0.333 e. The van der Waals surface area contributed by atoms with E-state index in [0.717, 1.165) is 0 Å². The van der Waals surface area contributed by atoms with Crippen LogP contribution in [0.3, 0.4) is 0 Å². The van der Waals surface area contributed by atoms with Gasteiger partial charge < -0.3 is 5.32 Å². The molecule has 0 atom stereocenters. The zero-order chi connectivity index (χ0) is 7.98. The molecule has 0 aromatic rings. The summed E-state index contributed by atoms with van der Waals surface area (Å²) in [6.45, 7) is 3.63. The Morgan fingerprint density at radius 2 is 1.90 bits per heavy atom. The van der Waals surface area contributed by atoms with Crippen LogP contribution in [0.1, 0.15) is 13.8 Å². The maximum absolute atomic E-state index is 10.5. The summed E-state index contributed by atoms with van der Waals surface area (Å²) in [6.07, 6.45) is 0. The number of carbonyl (C=O) groups excluding carboxylic acids is 2. The zero-order valence-corrected chi connectivity index (χ0v) is 6.02. The number of nitrogens with one attached hydrogen (secondary N) is 3. The van der Waals surface area contributed by atoms with Gasteiger partial charge in [-0.25, -0.2) is 10.2 Å². The van der Waals surface area contributed by atoms with Crippen LogP contribution in [0.4, 0.5) is 4.79 Å². The van der Waals surface area contributed by atoms with Crippen LogP contribution in [0.25, 0.3) is 0 Å². The molecule has 5 nitrogen and oxygen atoms in total. The monoisotopic (exact) mass is 145 g/mol. The molecule has 0 aliphatic rings. The summed E-state index contributed by atoms with van der Waals surface area (Å²) in [5.41, 5.74) is 4.26. The summed E-state index contributed by atoms with van der Waals surface area (Å²) < 4.78 is 0. The van der Waals surface area contributed by atoms with Crippen LogP contribution in [0, 0.1) is 0 Å². The van der Waals surface area contributed by atoms with Crippen LogP contribution in [0.5, 0.6) is 0 Å². The van der Waals surface area contributed by atoms with Crippen molar-refractivity contribution in [3.05, 3.63) is 0 Å². The van der Waals surface area contributed by atoms with Crippen molar-refractivity contribution in [3.63, 3.8) is 0 Å². The lowest BCUT2D eigenvalue weighted by Gasteiger charge is -2.03. The van der Waals surface area contributed by atoms with E-state index in [-0.39, 0.29) is 5.91 Å². The van der Waals surface area contributed by atoms with Gasteiger partial charge in [-0.3, -0.25) is 10.2 Å². The average molecular weight is 145 g/mol. The summed E-state index contributed by atoms with van der Waals surface area (Å²) >= 11 is 0. The molecule has 0 aromatic carbocycles. The van der Waals surface area contributed by atoms with E-state index in [1.54, 1.807) is 6.92 Å². The Labute approximate surface area is 59.1 Å². The molecule has 10 heavy (non-hydrogen) atoms. The van der Waals surface area contributed by atoms with E-state index >= 15 is 0 Å². The third-order valence-electron chi connectivity index (χ3n) is 0.689. The van der Waals surface area contributed by atoms with Crippen LogP contribution in [0.15, 0.2) is 0 Å². The van der Waals surface area contributed by atoms with Gasteiger partial charge >= 0.3 is 6.03 Å². The van der Waals surface area contributed by atoms with Crippen LogP contribution >= 0.6 is 0 Å². The molecular weight excluding hydrogens is 134 g/mol. The van der Waals surface area contributed by atoms with Gasteiger partial charge in [-0.1, -0.05) is 0 Å².